The summed E-state index contributed by atoms with van der Waals surface area (Å²) in [5.41, 5.74) is 3.24. The minimum atomic E-state index is -0.555. The molecule has 1 atom stereocenters. The Morgan fingerprint density at radius 1 is 1.09 bits per heavy atom. The summed E-state index contributed by atoms with van der Waals surface area (Å²) in [6.45, 7) is 2.35. The van der Waals surface area contributed by atoms with Crippen LogP contribution < -0.4 is 9.80 Å². The van der Waals surface area contributed by atoms with Gasteiger partial charge in [0.1, 0.15) is 0 Å². The van der Waals surface area contributed by atoms with Gasteiger partial charge >= 0.3 is 0 Å². The third kappa shape index (κ3) is 2.64. The van der Waals surface area contributed by atoms with E-state index in [0.717, 1.165) is 41.2 Å². The summed E-state index contributed by atoms with van der Waals surface area (Å²) in [6.07, 6.45) is 0.515. The molecule has 1 N–H and O–H groups in total. The zero-order chi connectivity index (χ0) is 15.8. The van der Waals surface area contributed by atoms with E-state index in [2.05, 4.69) is 43.9 Å². The van der Waals surface area contributed by atoms with Gasteiger partial charge in [0.15, 0.2) is 0 Å². The number of hydrogen-bond acceptors (Lipinski definition) is 4. The molecule has 4 rings (SSSR count). The summed E-state index contributed by atoms with van der Waals surface area (Å²) in [5.74, 6) is 0.966. The first-order chi connectivity index (χ1) is 11.2. The van der Waals surface area contributed by atoms with Gasteiger partial charge in [-0.1, -0.05) is 40.2 Å². The molecule has 2 aliphatic heterocycles. The fourth-order valence-electron chi connectivity index (χ4n) is 3.22. The zero-order valence-electron chi connectivity index (χ0n) is 12.7. The molecule has 0 unspecified atom stereocenters. The second kappa shape index (κ2) is 5.98. The van der Waals surface area contributed by atoms with E-state index in [1.165, 1.54) is 5.69 Å². The molecule has 2 aromatic carbocycles. The topological polar surface area (TPSA) is 39.1 Å². The first-order valence-electron chi connectivity index (χ1n) is 7.86. The van der Waals surface area contributed by atoms with Crippen molar-refractivity contribution in [2.24, 2.45) is 4.99 Å². The smallest absolute Gasteiger partial charge is 0.205 e. The van der Waals surface area contributed by atoms with E-state index in [1.54, 1.807) is 0 Å². The number of aliphatic imine (C=N–C) groups is 1. The van der Waals surface area contributed by atoms with Crippen LogP contribution >= 0.6 is 15.9 Å². The van der Waals surface area contributed by atoms with E-state index < -0.39 is 6.10 Å². The van der Waals surface area contributed by atoms with E-state index in [-0.39, 0.29) is 0 Å². The van der Waals surface area contributed by atoms with Crippen LogP contribution in [0.4, 0.5) is 11.4 Å². The summed E-state index contributed by atoms with van der Waals surface area (Å²) in [4.78, 5) is 9.10. The number of β-amino-alcohol motifs (C(OH)–C–C–N with tert-alkyl or cyclic N) is 1. The van der Waals surface area contributed by atoms with Gasteiger partial charge in [0.25, 0.3) is 0 Å². The van der Waals surface area contributed by atoms with Crippen LogP contribution in [0.2, 0.25) is 0 Å². The molecule has 0 amide bonds. The molecular formula is C18H18BrN3O. The molecule has 0 fully saturated rings. The average Bonchev–Trinajstić information content (AvgIpc) is 2.90. The average molecular weight is 372 g/mol. The predicted molar refractivity (Wildman–Crippen MR) is 97.2 cm³/mol. The van der Waals surface area contributed by atoms with Crippen LogP contribution in [0.5, 0.6) is 0 Å². The number of rotatable bonds is 3. The van der Waals surface area contributed by atoms with E-state index in [1.807, 2.05) is 30.3 Å². The standard InChI is InChI=1S/C18H18BrN3O/c19-14-8-6-13(7-9-14)17(23)12-22-16-5-2-1-4-15(16)21-11-3-10-20-18(21)22/h1-2,4-9,17,23H,3,10-12H2/t17-/m0/s1. The number of aliphatic hydroxyl groups is 1. The van der Waals surface area contributed by atoms with Crippen molar-refractivity contribution in [3.8, 4) is 0 Å². The Bertz CT molecular complexity index is 744. The molecule has 2 heterocycles. The largest absolute Gasteiger partial charge is 0.387 e. The number of aliphatic hydroxyl groups excluding tert-OH is 1. The van der Waals surface area contributed by atoms with E-state index in [0.29, 0.717) is 6.54 Å². The van der Waals surface area contributed by atoms with Crippen molar-refractivity contribution < 1.29 is 5.11 Å². The molecule has 0 spiro atoms. The van der Waals surface area contributed by atoms with Crippen LogP contribution in [-0.2, 0) is 0 Å². The number of para-hydroxylation sites is 2. The van der Waals surface area contributed by atoms with Gasteiger partial charge in [-0.15, -0.1) is 0 Å². The highest BCUT2D eigenvalue weighted by Crippen LogP contribution is 2.39. The molecule has 0 aliphatic carbocycles. The molecule has 4 nitrogen and oxygen atoms in total. The summed E-state index contributed by atoms with van der Waals surface area (Å²) < 4.78 is 1.02. The van der Waals surface area contributed by atoms with Gasteiger partial charge in [0, 0.05) is 17.6 Å². The maximum Gasteiger partial charge on any atom is 0.205 e. The molecule has 2 aromatic rings. The lowest BCUT2D eigenvalue weighted by Crippen LogP contribution is -2.43. The first kappa shape index (κ1) is 14.7. The van der Waals surface area contributed by atoms with Crippen LogP contribution in [0.1, 0.15) is 18.1 Å². The number of guanidine groups is 1. The van der Waals surface area contributed by atoms with E-state index >= 15 is 0 Å². The van der Waals surface area contributed by atoms with Crippen LogP contribution in [0.3, 0.4) is 0 Å². The summed E-state index contributed by atoms with van der Waals surface area (Å²) in [7, 11) is 0. The Morgan fingerprint density at radius 3 is 2.61 bits per heavy atom. The Balaban J connectivity index is 1.65. The van der Waals surface area contributed by atoms with Crippen molar-refractivity contribution in [3.63, 3.8) is 0 Å². The summed E-state index contributed by atoms with van der Waals surface area (Å²) >= 11 is 3.43. The Labute approximate surface area is 144 Å². The normalized spacial score (nSPS) is 17.6. The number of anilines is 2. The van der Waals surface area contributed by atoms with Crippen molar-refractivity contribution in [1.29, 1.82) is 0 Å². The molecule has 0 radical (unpaired) electrons. The van der Waals surface area contributed by atoms with Crippen molar-refractivity contribution in [1.82, 2.24) is 0 Å². The van der Waals surface area contributed by atoms with Crippen LogP contribution in [-0.4, -0.2) is 30.7 Å². The van der Waals surface area contributed by atoms with Gasteiger partial charge in [-0.25, -0.2) is 0 Å². The lowest BCUT2D eigenvalue weighted by atomic mass is 10.1. The molecule has 118 valence electrons. The van der Waals surface area contributed by atoms with Crippen molar-refractivity contribution in [2.75, 3.05) is 29.4 Å². The highest BCUT2D eigenvalue weighted by molar-refractivity contribution is 9.10. The first-order valence-corrected chi connectivity index (χ1v) is 8.65. The van der Waals surface area contributed by atoms with Crippen LogP contribution in [0.25, 0.3) is 0 Å². The van der Waals surface area contributed by atoms with Crippen molar-refractivity contribution >= 4 is 33.3 Å². The fourth-order valence-corrected chi connectivity index (χ4v) is 3.49. The minimum Gasteiger partial charge on any atom is -0.387 e. The highest BCUT2D eigenvalue weighted by atomic mass is 79.9. The summed E-state index contributed by atoms with van der Waals surface area (Å²) in [5, 5.41) is 10.7. The van der Waals surface area contributed by atoms with Crippen LogP contribution in [0, 0.1) is 0 Å². The third-order valence-corrected chi connectivity index (χ3v) is 4.88. The molecule has 23 heavy (non-hydrogen) atoms. The lowest BCUT2D eigenvalue weighted by Gasteiger charge is -2.28. The van der Waals surface area contributed by atoms with Gasteiger partial charge in [-0.05, 0) is 36.2 Å². The Morgan fingerprint density at radius 2 is 1.83 bits per heavy atom. The SMILES string of the molecule is O[C@@H](CN1C2=NCCCN2c2ccccc21)c1ccc(Br)cc1. The summed E-state index contributed by atoms with van der Waals surface area (Å²) in [6, 6.07) is 16.2. The molecule has 5 heteroatoms. The van der Waals surface area contributed by atoms with Gasteiger partial charge in [0.2, 0.25) is 5.96 Å². The third-order valence-electron chi connectivity index (χ3n) is 4.35. The van der Waals surface area contributed by atoms with E-state index in [4.69, 9.17) is 4.99 Å². The lowest BCUT2D eigenvalue weighted by molar-refractivity contribution is 0.187. The number of hydrogen-bond donors (Lipinski definition) is 1. The molecule has 2 aliphatic rings. The minimum absolute atomic E-state index is 0.508. The van der Waals surface area contributed by atoms with E-state index in [9.17, 15) is 5.11 Å². The second-order valence-electron chi connectivity index (χ2n) is 5.85. The molecule has 0 aromatic heterocycles. The predicted octanol–water partition coefficient (Wildman–Crippen LogP) is 3.57. The zero-order valence-corrected chi connectivity index (χ0v) is 14.3. The highest BCUT2D eigenvalue weighted by Gasteiger charge is 2.34. The number of nitrogens with zero attached hydrogens (tertiary/aromatic N) is 3. The molecule has 0 bridgehead atoms. The number of fused-ring (bicyclic) bond motifs is 3. The fraction of sp³-hybridized carbons (Fsp3) is 0.278. The molecule has 0 saturated carbocycles. The quantitative estimate of drug-likeness (QED) is 0.896. The maximum absolute atomic E-state index is 10.7. The van der Waals surface area contributed by atoms with Gasteiger partial charge in [0.05, 0.1) is 24.0 Å². The monoisotopic (exact) mass is 371 g/mol. The number of benzene rings is 2. The van der Waals surface area contributed by atoms with Gasteiger partial charge < -0.3 is 14.9 Å². The molecule has 0 saturated heterocycles. The van der Waals surface area contributed by atoms with Gasteiger partial charge in [-0.2, -0.15) is 0 Å². The van der Waals surface area contributed by atoms with Crippen molar-refractivity contribution in [3.05, 3.63) is 58.6 Å². The Hall–Kier alpha value is -1.85. The van der Waals surface area contributed by atoms with Crippen molar-refractivity contribution in [2.45, 2.75) is 12.5 Å². The number of halogens is 1. The maximum atomic E-state index is 10.7. The van der Waals surface area contributed by atoms with Gasteiger partial charge in [-0.3, -0.25) is 4.99 Å². The Kier molecular flexibility index (Phi) is 3.83. The second-order valence-corrected chi connectivity index (χ2v) is 6.77. The van der Waals surface area contributed by atoms with Crippen LogP contribution in [0.15, 0.2) is 58.0 Å². The molecular weight excluding hydrogens is 354 g/mol.